The Labute approximate surface area is 195 Å². The van der Waals surface area contributed by atoms with E-state index in [9.17, 15) is 23.3 Å². The maximum Gasteiger partial charge on any atom is 0.275 e. The number of ether oxygens (including phenoxy) is 1. The third-order valence-corrected chi connectivity index (χ3v) is 6.65. The molecule has 4 aromatic rings. The largest absolute Gasteiger partial charge is 0.455 e. The van der Waals surface area contributed by atoms with E-state index >= 15 is 0 Å². The fraction of sp³-hybridized carbons (Fsp3) is 0.0833. The minimum absolute atomic E-state index is 0.112. The number of sulfone groups is 1. The van der Waals surface area contributed by atoms with Gasteiger partial charge < -0.3 is 10.1 Å². The van der Waals surface area contributed by atoms with E-state index in [2.05, 4.69) is 10.3 Å². The van der Waals surface area contributed by atoms with Gasteiger partial charge in [0.15, 0.2) is 9.84 Å². The van der Waals surface area contributed by atoms with Gasteiger partial charge in [0.25, 0.3) is 5.69 Å². The average Bonchev–Trinajstić information content (AvgIpc) is 2.83. The van der Waals surface area contributed by atoms with Crippen LogP contribution >= 0.6 is 0 Å². The van der Waals surface area contributed by atoms with Crippen molar-refractivity contribution < 1.29 is 22.9 Å². The number of anilines is 1. The second-order valence-electron chi connectivity index (χ2n) is 7.39. The molecular weight excluding hydrogens is 458 g/mol. The van der Waals surface area contributed by atoms with Crippen molar-refractivity contribution in [1.82, 2.24) is 4.98 Å². The molecule has 0 spiro atoms. The monoisotopic (exact) mass is 477 g/mol. The van der Waals surface area contributed by atoms with E-state index in [1.807, 2.05) is 24.3 Å². The Morgan fingerprint density at radius 1 is 0.971 bits per heavy atom. The van der Waals surface area contributed by atoms with Crippen LogP contribution in [0.3, 0.4) is 0 Å². The van der Waals surface area contributed by atoms with E-state index in [1.54, 1.807) is 30.5 Å². The van der Waals surface area contributed by atoms with Gasteiger partial charge >= 0.3 is 0 Å². The minimum atomic E-state index is -3.71. The molecule has 0 aliphatic carbocycles. The molecule has 0 bridgehead atoms. The number of nitro benzene ring substituents is 1. The predicted molar refractivity (Wildman–Crippen MR) is 127 cm³/mol. The number of benzene rings is 3. The van der Waals surface area contributed by atoms with Gasteiger partial charge in [0.1, 0.15) is 11.5 Å². The third-order valence-electron chi connectivity index (χ3n) is 4.93. The zero-order valence-electron chi connectivity index (χ0n) is 17.7. The van der Waals surface area contributed by atoms with Crippen LogP contribution in [0.15, 0.2) is 90.1 Å². The van der Waals surface area contributed by atoms with E-state index < -0.39 is 26.4 Å². The maximum atomic E-state index is 12.7. The van der Waals surface area contributed by atoms with E-state index in [-0.39, 0.29) is 28.4 Å². The number of hydrogen-bond acceptors (Lipinski definition) is 7. The normalized spacial score (nSPS) is 11.2. The zero-order valence-corrected chi connectivity index (χ0v) is 18.6. The summed E-state index contributed by atoms with van der Waals surface area (Å²) in [5.41, 5.74) is -0.179. The number of fused-ring (bicyclic) bond motifs is 1. The molecule has 34 heavy (non-hydrogen) atoms. The van der Waals surface area contributed by atoms with E-state index in [0.29, 0.717) is 5.75 Å². The molecule has 0 saturated heterocycles. The highest BCUT2D eigenvalue weighted by atomic mass is 32.2. The van der Waals surface area contributed by atoms with E-state index in [0.717, 1.165) is 10.8 Å². The number of non-ortho nitro benzene ring substituents is 1. The molecule has 0 saturated carbocycles. The van der Waals surface area contributed by atoms with Gasteiger partial charge in [-0.25, -0.2) is 8.42 Å². The van der Waals surface area contributed by atoms with Crippen LogP contribution in [-0.2, 0) is 14.6 Å². The highest BCUT2D eigenvalue weighted by Crippen LogP contribution is 2.29. The van der Waals surface area contributed by atoms with Crippen LogP contribution < -0.4 is 10.1 Å². The maximum absolute atomic E-state index is 12.7. The van der Waals surface area contributed by atoms with Crippen molar-refractivity contribution in [1.29, 1.82) is 0 Å². The number of rotatable bonds is 8. The summed E-state index contributed by atoms with van der Waals surface area (Å²) in [5, 5.41) is 15.5. The number of carbonyl (C=O) groups is 1. The highest BCUT2D eigenvalue weighted by Gasteiger charge is 2.18. The van der Waals surface area contributed by atoms with E-state index in [1.165, 1.54) is 30.5 Å². The van der Waals surface area contributed by atoms with E-state index in [4.69, 9.17) is 4.74 Å². The van der Waals surface area contributed by atoms with Gasteiger partial charge in [0.05, 0.1) is 33.5 Å². The molecule has 4 rings (SSSR count). The van der Waals surface area contributed by atoms with Gasteiger partial charge in [-0.05, 0) is 35.0 Å². The molecule has 1 amide bonds. The molecule has 9 nitrogen and oxygen atoms in total. The van der Waals surface area contributed by atoms with Crippen molar-refractivity contribution in [3.8, 4) is 11.5 Å². The highest BCUT2D eigenvalue weighted by molar-refractivity contribution is 7.91. The lowest BCUT2D eigenvalue weighted by Gasteiger charge is -2.10. The Morgan fingerprint density at radius 2 is 1.76 bits per heavy atom. The van der Waals surface area contributed by atoms with Gasteiger partial charge in [0.2, 0.25) is 5.91 Å². The van der Waals surface area contributed by atoms with Gasteiger partial charge in [-0.1, -0.05) is 30.3 Å². The second kappa shape index (κ2) is 9.67. The van der Waals surface area contributed by atoms with Crippen molar-refractivity contribution >= 4 is 37.9 Å². The molecule has 1 aromatic heterocycles. The lowest BCUT2D eigenvalue weighted by molar-refractivity contribution is -0.384. The van der Waals surface area contributed by atoms with Gasteiger partial charge in [-0.2, -0.15) is 0 Å². The van der Waals surface area contributed by atoms with Crippen molar-refractivity contribution in [2.75, 3.05) is 11.1 Å². The number of amides is 1. The summed E-state index contributed by atoms with van der Waals surface area (Å²) in [4.78, 5) is 27.2. The summed E-state index contributed by atoms with van der Waals surface area (Å²) in [5.74, 6) is -0.522. The number of nitrogens with zero attached hydrogens (tertiary/aromatic N) is 2. The quantitative estimate of drug-likeness (QED) is 0.287. The summed E-state index contributed by atoms with van der Waals surface area (Å²) < 4.78 is 31.1. The Hall–Kier alpha value is -4.31. The lowest BCUT2D eigenvalue weighted by atomic mass is 10.1. The summed E-state index contributed by atoms with van der Waals surface area (Å²) >= 11 is 0. The zero-order chi connectivity index (χ0) is 24.1. The molecule has 0 unspecified atom stereocenters. The van der Waals surface area contributed by atoms with Gasteiger partial charge in [-0.15, -0.1) is 0 Å². The second-order valence-corrected chi connectivity index (χ2v) is 9.50. The average molecular weight is 477 g/mol. The Kier molecular flexibility index (Phi) is 6.51. The van der Waals surface area contributed by atoms with Crippen LogP contribution in [0.4, 0.5) is 11.4 Å². The molecule has 172 valence electrons. The molecule has 0 aliphatic heterocycles. The van der Waals surface area contributed by atoms with Crippen LogP contribution in [0.1, 0.15) is 6.42 Å². The third kappa shape index (κ3) is 5.54. The first-order valence-electron chi connectivity index (χ1n) is 10.2. The number of nitro groups is 1. The predicted octanol–water partition coefficient (Wildman–Crippen LogP) is 4.74. The van der Waals surface area contributed by atoms with Crippen molar-refractivity contribution in [3.05, 3.63) is 95.3 Å². The Morgan fingerprint density at radius 3 is 2.50 bits per heavy atom. The number of pyridine rings is 1. The van der Waals surface area contributed by atoms with Crippen LogP contribution in [0.25, 0.3) is 10.8 Å². The van der Waals surface area contributed by atoms with Crippen molar-refractivity contribution in [2.24, 2.45) is 0 Å². The first-order chi connectivity index (χ1) is 16.3. The number of nitrogens with one attached hydrogen (secondary N) is 1. The standard InChI is InChI=1S/C24H19N3O6S/c28-24(9-11-34(31,32)23-8-7-17-4-1-2-5-18(17)12-23)26-19-13-20(27(29)30)15-22(14-19)33-21-6-3-10-25-16-21/h1-8,10,12-16H,9,11H2,(H,26,28). The Balaban J connectivity index is 1.46. The summed E-state index contributed by atoms with van der Waals surface area (Å²) in [7, 11) is -3.71. The summed E-state index contributed by atoms with van der Waals surface area (Å²) in [6.07, 6.45) is 2.67. The molecule has 0 aliphatic rings. The van der Waals surface area contributed by atoms with Gasteiger partial charge in [-0.3, -0.25) is 19.9 Å². The molecule has 0 atom stereocenters. The fourth-order valence-electron chi connectivity index (χ4n) is 3.29. The van der Waals surface area contributed by atoms with Crippen molar-refractivity contribution in [2.45, 2.75) is 11.3 Å². The molecule has 0 fully saturated rings. The molecule has 1 N–H and O–H groups in total. The lowest BCUT2D eigenvalue weighted by Crippen LogP contribution is -2.17. The molecule has 3 aromatic carbocycles. The summed E-state index contributed by atoms with van der Waals surface area (Å²) in [6, 6.07) is 19.2. The number of hydrogen-bond donors (Lipinski definition) is 1. The molecular formula is C24H19N3O6S. The molecule has 10 heteroatoms. The van der Waals surface area contributed by atoms with Crippen LogP contribution in [-0.4, -0.2) is 30.0 Å². The first-order valence-corrected chi connectivity index (χ1v) is 11.8. The molecule has 1 heterocycles. The first kappa shape index (κ1) is 22.9. The summed E-state index contributed by atoms with van der Waals surface area (Å²) in [6.45, 7) is 0. The smallest absolute Gasteiger partial charge is 0.275 e. The number of aromatic nitrogens is 1. The van der Waals surface area contributed by atoms with Crippen LogP contribution in [0.2, 0.25) is 0 Å². The SMILES string of the molecule is O=C(CCS(=O)(=O)c1ccc2ccccc2c1)Nc1cc(Oc2cccnc2)cc([N+](=O)[O-])c1. The minimum Gasteiger partial charge on any atom is -0.455 e. The van der Waals surface area contributed by atoms with Gasteiger partial charge in [0, 0.05) is 24.8 Å². The van der Waals surface area contributed by atoms with Crippen LogP contribution in [0, 0.1) is 10.1 Å². The van der Waals surface area contributed by atoms with Crippen molar-refractivity contribution in [3.63, 3.8) is 0 Å². The fourth-order valence-corrected chi connectivity index (χ4v) is 4.56. The molecule has 0 radical (unpaired) electrons. The Bertz CT molecular complexity index is 1470. The van der Waals surface area contributed by atoms with Crippen LogP contribution in [0.5, 0.6) is 11.5 Å². The topological polar surface area (TPSA) is 128 Å². The number of carbonyl (C=O) groups excluding carboxylic acids is 1.